The Hall–Kier alpha value is -0.140. The largest absolute Gasteiger partial charge is 0.125 e. The topological polar surface area (TPSA) is 0 Å². The molecule has 0 N–H and O–H groups in total. The molecule has 1 aromatic carbocycles. The second kappa shape index (κ2) is 2.48. The molecule has 52 valence electrons. The summed E-state index contributed by atoms with van der Waals surface area (Å²) in [6, 6.07) is 6.12. The number of thioether (sulfide) groups is 1. The van der Waals surface area contributed by atoms with Gasteiger partial charge in [-0.3, -0.25) is 0 Å². The number of hydrogen-bond acceptors (Lipinski definition) is 1. The number of rotatable bonds is 0. The highest BCUT2D eigenvalue weighted by atomic mass is 35.5. The predicted octanol–water partition coefficient (Wildman–Crippen LogP) is 2.99. The van der Waals surface area contributed by atoms with Gasteiger partial charge in [-0.15, -0.1) is 11.8 Å². The minimum Gasteiger partial charge on any atom is -0.125 e. The van der Waals surface area contributed by atoms with Crippen LogP contribution in [0, 0.1) is 0 Å². The highest BCUT2D eigenvalue weighted by molar-refractivity contribution is 7.99. The first-order chi connectivity index (χ1) is 4.88. The van der Waals surface area contributed by atoms with Crippen LogP contribution in [0.3, 0.4) is 0 Å². The number of fused-ring (bicyclic) bond motifs is 1. The van der Waals surface area contributed by atoms with E-state index in [1.807, 2.05) is 23.9 Å². The summed E-state index contributed by atoms with van der Waals surface area (Å²) in [4.78, 5) is 1.37. The average molecular weight is 171 g/mol. The van der Waals surface area contributed by atoms with Crippen LogP contribution in [-0.2, 0) is 6.42 Å². The van der Waals surface area contributed by atoms with E-state index in [9.17, 15) is 0 Å². The SMILES string of the molecule is Clc1cccc2c1CCS2. The molecule has 0 spiro atoms. The molecule has 0 amide bonds. The van der Waals surface area contributed by atoms with Crippen LogP contribution < -0.4 is 0 Å². The molecule has 1 heterocycles. The van der Waals surface area contributed by atoms with Crippen molar-refractivity contribution in [2.75, 3.05) is 5.75 Å². The molecule has 1 aliphatic rings. The molecule has 0 unspecified atom stereocenters. The second-order valence-corrected chi connectivity index (χ2v) is 3.86. The molecule has 0 bridgehead atoms. The van der Waals surface area contributed by atoms with Crippen LogP contribution >= 0.6 is 23.4 Å². The van der Waals surface area contributed by atoms with Crippen molar-refractivity contribution in [1.29, 1.82) is 0 Å². The molecule has 0 fully saturated rings. The monoisotopic (exact) mass is 170 g/mol. The van der Waals surface area contributed by atoms with Gasteiger partial charge in [-0.2, -0.15) is 0 Å². The van der Waals surface area contributed by atoms with Gasteiger partial charge in [0.25, 0.3) is 0 Å². The van der Waals surface area contributed by atoms with Crippen molar-refractivity contribution in [3.63, 3.8) is 0 Å². The van der Waals surface area contributed by atoms with E-state index in [-0.39, 0.29) is 0 Å². The summed E-state index contributed by atoms with van der Waals surface area (Å²) >= 11 is 7.85. The summed E-state index contributed by atoms with van der Waals surface area (Å²) in [5, 5.41) is 0.933. The molecule has 0 saturated heterocycles. The van der Waals surface area contributed by atoms with Gasteiger partial charge in [0.05, 0.1) is 0 Å². The van der Waals surface area contributed by atoms with Crippen LogP contribution in [0.4, 0.5) is 0 Å². The third-order valence-corrected chi connectivity index (χ3v) is 3.14. The van der Waals surface area contributed by atoms with Gasteiger partial charge in [0.15, 0.2) is 0 Å². The molecule has 2 rings (SSSR count). The third kappa shape index (κ3) is 0.938. The first-order valence-corrected chi connectivity index (χ1v) is 4.64. The average Bonchev–Trinajstić information content (AvgIpc) is 2.36. The molecule has 0 nitrogen and oxygen atoms in total. The van der Waals surface area contributed by atoms with E-state index in [1.165, 1.54) is 16.2 Å². The van der Waals surface area contributed by atoms with Crippen molar-refractivity contribution in [2.45, 2.75) is 11.3 Å². The Labute approximate surface area is 69.6 Å². The standard InChI is InChI=1S/C8H7ClS/c9-7-2-1-3-8-6(7)4-5-10-8/h1-3H,4-5H2. The summed E-state index contributed by atoms with van der Waals surface area (Å²) in [5.74, 6) is 1.19. The fourth-order valence-electron chi connectivity index (χ4n) is 1.18. The van der Waals surface area contributed by atoms with E-state index in [2.05, 4.69) is 6.07 Å². The maximum atomic E-state index is 5.96. The van der Waals surface area contributed by atoms with Gasteiger partial charge in [0, 0.05) is 15.7 Å². The van der Waals surface area contributed by atoms with Gasteiger partial charge in [-0.1, -0.05) is 17.7 Å². The minimum absolute atomic E-state index is 0.933. The molecule has 10 heavy (non-hydrogen) atoms. The van der Waals surface area contributed by atoms with Crippen LogP contribution in [0.2, 0.25) is 5.02 Å². The smallest absolute Gasteiger partial charge is 0.0449 e. The Morgan fingerprint density at radius 3 is 3.10 bits per heavy atom. The van der Waals surface area contributed by atoms with Crippen molar-refractivity contribution in [2.24, 2.45) is 0 Å². The summed E-state index contributed by atoms with van der Waals surface area (Å²) in [5.41, 5.74) is 1.34. The van der Waals surface area contributed by atoms with Gasteiger partial charge in [0.2, 0.25) is 0 Å². The molecule has 2 heteroatoms. The highest BCUT2D eigenvalue weighted by Crippen LogP contribution is 2.35. The maximum Gasteiger partial charge on any atom is 0.0449 e. The molecule has 1 aromatic rings. The van der Waals surface area contributed by atoms with Crippen molar-refractivity contribution in [3.05, 3.63) is 28.8 Å². The zero-order valence-electron chi connectivity index (χ0n) is 5.43. The van der Waals surface area contributed by atoms with E-state index < -0.39 is 0 Å². The minimum atomic E-state index is 0.933. The Kier molecular flexibility index (Phi) is 1.63. The molecule has 0 aromatic heterocycles. The summed E-state index contributed by atoms with van der Waals surface area (Å²) < 4.78 is 0. The van der Waals surface area contributed by atoms with Gasteiger partial charge in [0.1, 0.15) is 0 Å². The van der Waals surface area contributed by atoms with Crippen LogP contribution in [0.25, 0.3) is 0 Å². The normalized spacial score (nSPS) is 15.3. The molecule has 0 atom stereocenters. The van der Waals surface area contributed by atoms with Crippen LogP contribution in [0.1, 0.15) is 5.56 Å². The number of hydrogen-bond donors (Lipinski definition) is 0. The van der Waals surface area contributed by atoms with E-state index in [0.717, 1.165) is 11.4 Å². The molecule has 0 saturated carbocycles. The lowest BCUT2D eigenvalue weighted by Gasteiger charge is -1.97. The lowest BCUT2D eigenvalue weighted by molar-refractivity contribution is 1.15. The fraction of sp³-hybridized carbons (Fsp3) is 0.250. The van der Waals surface area contributed by atoms with Gasteiger partial charge in [-0.05, 0) is 24.1 Å². The first-order valence-electron chi connectivity index (χ1n) is 3.28. The lowest BCUT2D eigenvalue weighted by atomic mass is 10.2. The predicted molar refractivity (Wildman–Crippen MR) is 45.9 cm³/mol. The van der Waals surface area contributed by atoms with E-state index in [1.54, 1.807) is 0 Å². The number of benzene rings is 1. The third-order valence-electron chi connectivity index (χ3n) is 1.69. The maximum absolute atomic E-state index is 5.96. The van der Waals surface area contributed by atoms with E-state index in [4.69, 9.17) is 11.6 Å². The quantitative estimate of drug-likeness (QED) is 0.577. The Bertz CT molecular complexity index is 257. The lowest BCUT2D eigenvalue weighted by Crippen LogP contribution is -1.80. The molecule has 0 aliphatic carbocycles. The first kappa shape index (κ1) is 6.56. The van der Waals surface area contributed by atoms with Crippen molar-refractivity contribution in [1.82, 2.24) is 0 Å². The van der Waals surface area contributed by atoms with Gasteiger partial charge < -0.3 is 0 Å². The molecular weight excluding hydrogens is 164 g/mol. The zero-order chi connectivity index (χ0) is 6.97. The Morgan fingerprint density at radius 1 is 1.40 bits per heavy atom. The van der Waals surface area contributed by atoms with Gasteiger partial charge >= 0.3 is 0 Å². The molecule has 0 radical (unpaired) electrons. The van der Waals surface area contributed by atoms with Crippen molar-refractivity contribution >= 4 is 23.4 Å². The van der Waals surface area contributed by atoms with E-state index >= 15 is 0 Å². The van der Waals surface area contributed by atoms with Crippen molar-refractivity contribution in [3.8, 4) is 0 Å². The van der Waals surface area contributed by atoms with Crippen LogP contribution in [0.15, 0.2) is 23.1 Å². The zero-order valence-corrected chi connectivity index (χ0v) is 7.00. The molecule has 1 aliphatic heterocycles. The Morgan fingerprint density at radius 2 is 2.30 bits per heavy atom. The molecular formula is C8H7ClS. The second-order valence-electron chi connectivity index (χ2n) is 2.31. The van der Waals surface area contributed by atoms with Crippen molar-refractivity contribution < 1.29 is 0 Å². The Balaban J connectivity index is 2.59. The van der Waals surface area contributed by atoms with E-state index in [0.29, 0.717) is 0 Å². The van der Waals surface area contributed by atoms with Crippen LogP contribution in [0.5, 0.6) is 0 Å². The fourth-order valence-corrected chi connectivity index (χ4v) is 2.59. The summed E-state index contributed by atoms with van der Waals surface area (Å²) in [7, 11) is 0. The highest BCUT2D eigenvalue weighted by Gasteiger charge is 2.12. The summed E-state index contributed by atoms with van der Waals surface area (Å²) in [6.07, 6.45) is 1.14. The summed E-state index contributed by atoms with van der Waals surface area (Å²) in [6.45, 7) is 0. The number of halogens is 1. The van der Waals surface area contributed by atoms with Gasteiger partial charge in [-0.25, -0.2) is 0 Å². The van der Waals surface area contributed by atoms with Crippen LogP contribution in [-0.4, -0.2) is 5.75 Å².